The van der Waals surface area contributed by atoms with Crippen LogP contribution in [0.2, 0.25) is 0 Å². The van der Waals surface area contributed by atoms with Crippen LogP contribution in [0.4, 0.5) is 17.6 Å². The second-order valence-corrected chi connectivity index (χ2v) is 7.92. The maximum absolute atomic E-state index is 9.20. The van der Waals surface area contributed by atoms with Crippen LogP contribution >= 0.6 is 0 Å². The predicted octanol–water partition coefficient (Wildman–Crippen LogP) is 1.79. The number of methoxy groups -OCH3 is 1. The molecule has 2 aromatic heterocycles. The van der Waals surface area contributed by atoms with E-state index >= 15 is 0 Å². The van der Waals surface area contributed by atoms with Gasteiger partial charge < -0.3 is 20.1 Å². The Kier molecular flexibility index (Phi) is 6.01. The Labute approximate surface area is 175 Å². The molecule has 10 nitrogen and oxygen atoms in total. The van der Waals surface area contributed by atoms with Gasteiger partial charge in [0.2, 0.25) is 11.8 Å². The van der Waals surface area contributed by atoms with Crippen LogP contribution in [0.1, 0.15) is 37.8 Å². The highest BCUT2D eigenvalue weighted by Gasteiger charge is 2.41. The van der Waals surface area contributed by atoms with Gasteiger partial charge in [-0.3, -0.25) is 10.00 Å². The van der Waals surface area contributed by atoms with E-state index < -0.39 is 0 Å². The molecule has 0 aliphatic carbocycles. The van der Waals surface area contributed by atoms with Crippen molar-refractivity contribution < 1.29 is 9.84 Å². The number of hydrogen-bond acceptors (Lipinski definition) is 9. The van der Waals surface area contributed by atoms with E-state index in [1.54, 1.807) is 19.2 Å². The number of aliphatic hydroxyl groups excluding tert-OH is 1. The van der Waals surface area contributed by atoms with Crippen LogP contribution in [0.25, 0.3) is 0 Å². The molecule has 4 heterocycles. The van der Waals surface area contributed by atoms with Gasteiger partial charge in [-0.25, -0.2) is 0 Å². The number of nitrogens with zero attached hydrogens (tertiary/aromatic N) is 6. The third-order valence-corrected chi connectivity index (χ3v) is 6.16. The molecule has 10 heteroatoms. The molecule has 2 aromatic rings. The number of aromatic amines is 1. The molecule has 0 spiro atoms. The summed E-state index contributed by atoms with van der Waals surface area (Å²) in [6.07, 6.45) is 5.06. The number of fused-ring (bicyclic) bond motifs is 2. The summed E-state index contributed by atoms with van der Waals surface area (Å²) in [5.41, 5.74) is 0.620. The first kappa shape index (κ1) is 20.4. The summed E-state index contributed by atoms with van der Waals surface area (Å²) in [4.78, 5) is 13.9. The molecule has 3 atom stereocenters. The molecule has 0 saturated carbocycles. The van der Waals surface area contributed by atoms with Crippen molar-refractivity contribution in [3.63, 3.8) is 0 Å². The molecular formula is C20H28N8O2. The van der Waals surface area contributed by atoms with E-state index in [0.717, 1.165) is 19.4 Å². The zero-order valence-electron chi connectivity index (χ0n) is 17.4. The summed E-state index contributed by atoms with van der Waals surface area (Å²) in [5, 5.41) is 28.2. The van der Waals surface area contributed by atoms with Crippen LogP contribution in [-0.2, 0) is 6.61 Å². The van der Waals surface area contributed by atoms with Crippen LogP contribution in [-0.4, -0.2) is 69.0 Å². The zero-order valence-corrected chi connectivity index (χ0v) is 17.4. The Morgan fingerprint density at radius 2 is 2.07 bits per heavy atom. The third kappa shape index (κ3) is 4.17. The van der Waals surface area contributed by atoms with Gasteiger partial charge in [-0.15, -0.1) is 0 Å². The topological polar surface area (TPSA) is 126 Å². The fourth-order valence-electron chi connectivity index (χ4n) is 4.65. The van der Waals surface area contributed by atoms with Gasteiger partial charge in [0.1, 0.15) is 5.82 Å². The smallest absolute Gasteiger partial charge is 0.230 e. The number of hydrogen-bond donors (Lipinski definition) is 3. The van der Waals surface area contributed by atoms with E-state index in [9.17, 15) is 5.11 Å². The number of rotatable bonds is 8. The van der Waals surface area contributed by atoms with E-state index in [0.29, 0.717) is 53.7 Å². The summed E-state index contributed by atoms with van der Waals surface area (Å²) in [5.74, 6) is 2.22. The monoisotopic (exact) mass is 412 g/mol. The molecule has 4 rings (SSSR count). The third-order valence-electron chi connectivity index (χ3n) is 6.16. The molecule has 2 fully saturated rings. The van der Waals surface area contributed by atoms with Crippen LogP contribution in [0.3, 0.4) is 0 Å². The maximum Gasteiger partial charge on any atom is 0.230 e. The molecule has 160 valence electrons. The highest BCUT2D eigenvalue weighted by atomic mass is 16.5. The van der Waals surface area contributed by atoms with Crippen molar-refractivity contribution >= 4 is 17.6 Å². The fourth-order valence-corrected chi connectivity index (χ4v) is 4.65. The van der Waals surface area contributed by atoms with Crippen molar-refractivity contribution in [1.82, 2.24) is 25.1 Å². The lowest BCUT2D eigenvalue weighted by Gasteiger charge is -2.42. The van der Waals surface area contributed by atoms with Gasteiger partial charge in [-0.1, -0.05) is 0 Å². The second-order valence-electron chi connectivity index (χ2n) is 7.92. The van der Waals surface area contributed by atoms with E-state index in [2.05, 4.69) is 41.4 Å². The average molecular weight is 412 g/mol. The second kappa shape index (κ2) is 8.85. The van der Waals surface area contributed by atoms with Crippen molar-refractivity contribution in [3.05, 3.63) is 17.8 Å². The molecule has 0 amide bonds. The number of nitrogens with one attached hydrogen (secondary N) is 2. The lowest BCUT2D eigenvalue weighted by molar-refractivity contribution is 0.129. The van der Waals surface area contributed by atoms with Gasteiger partial charge in [0, 0.05) is 50.3 Å². The molecule has 2 saturated heterocycles. The Morgan fingerprint density at radius 1 is 1.30 bits per heavy atom. The summed E-state index contributed by atoms with van der Waals surface area (Å²) in [6, 6.07) is 7.11. The lowest BCUT2D eigenvalue weighted by Crippen LogP contribution is -2.50. The predicted molar refractivity (Wildman–Crippen MR) is 112 cm³/mol. The molecule has 30 heavy (non-hydrogen) atoms. The molecular weight excluding hydrogens is 384 g/mol. The summed E-state index contributed by atoms with van der Waals surface area (Å²) in [7, 11) is 3.62. The van der Waals surface area contributed by atoms with Gasteiger partial charge in [-0.2, -0.15) is 20.3 Å². The molecule has 0 unspecified atom stereocenters. The number of aromatic nitrogens is 4. The first-order chi connectivity index (χ1) is 14.6. The number of ether oxygens (including phenoxy) is 1. The van der Waals surface area contributed by atoms with Gasteiger partial charge >= 0.3 is 0 Å². The van der Waals surface area contributed by atoms with Crippen molar-refractivity contribution in [3.8, 4) is 11.9 Å². The summed E-state index contributed by atoms with van der Waals surface area (Å²) in [6.45, 7) is 0.761. The summed E-state index contributed by atoms with van der Waals surface area (Å²) >= 11 is 0. The fraction of sp³-hybridized carbons (Fsp3) is 0.600. The van der Waals surface area contributed by atoms with Crippen molar-refractivity contribution in [2.75, 3.05) is 30.9 Å². The van der Waals surface area contributed by atoms with Crippen LogP contribution in [0.15, 0.2) is 12.1 Å². The average Bonchev–Trinajstić information content (AvgIpc) is 3.31. The van der Waals surface area contributed by atoms with Gasteiger partial charge in [-0.05, 0) is 25.7 Å². The summed E-state index contributed by atoms with van der Waals surface area (Å²) < 4.78 is 5.39. The van der Waals surface area contributed by atoms with Crippen molar-refractivity contribution in [1.29, 1.82) is 5.26 Å². The van der Waals surface area contributed by atoms with Crippen LogP contribution < -0.4 is 15.0 Å². The molecule has 3 N–H and O–H groups in total. The van der Waals surface area contributed by atoms with E-state index in [4.69, 9.17) is 10.00 Å². The normalized spacial score (nSPS) is 23.2. The van der Waals surface area contributed by atoms with Gasteiger partial charge in [0.25, 0.3) is 0 Å². The maximum atomic E-state index is 9.20. The molecule has 2 aliphatic rings. The zero-order chi connectivity index (χ0) is 21.1. The Hall–Kier alpha value is -2.90. The molecule has 0 aromatic carbocycles. The minimum atomic E-state index is -0.106. The number of aliphatic hydroxyl groups is 1. The van der Waals surface area contributed by atoms with E-state index in [-0.39, 0.29) is 6.61 Å². The van der Waals surface area contributed by atoms with Crippen molar-refractivity contribution in [2.24, 2.45) is 0 Å². The molecule has 2 aliphatic heterocycles. The minimum absolute atomic E-state index is 0.106. The molecule has 0 radical (unpaired) electrons. The Morgan fingerprint density at radius 3 is 2.70 bits per heavy atom. The Bertz CT molecular complexity index is 896. The number of piperidine rings is 1. The van der Waals surface area contributed by atoms with Crippen LogP contribution in [0.5, 0.6) is 5.88 Å². The van der Waals surface area contributed by atoms with E-state index in [1.165, 1.54) is 12.8 Å². The largest absolute Gasteiger partial charge is 0.481 e. The van der Waals surface area contributed by atoms with Crippen molar-refractivity contribution in [2.45, 2.75) is 56.8 Å². The molecule has 2 bridgehead atoms. The minimum Gasteiger partial charge on any atom is -0.481 e. The lowest BCUT2D eigenvalue weighted by atomic mass is 9.96. The first-order valence-corrected chi connectivity index (χ1v) is 10.3. The SMILES string of the molecule is COc1cc(Nc2cc(CO)[nH]n2)nc(N(C)[C@H]2C[C@H]3CC[C@@H](C2)N3CCC#N)n1. The number of nitriles is 1. The van der Waals surface area contributed by atoms with Gasteiger partial charge in [0.05, 0.1) is 25.5 Å². The highest BCUT2D eigenvalue weighted by molar-refractivity contribution is 5.55. The standard InChI is InChI=1S/C20H28N8O2/c1-27(16-9-14-4-5-15(10-16)28(14)7-3-6-21)20-23-17(11-19(24-20)30-2)22-18-8-13(12-29)25-26-18/h8,11,14-16,29H,3-5,7,9-10,12H2,1-2H3,(H2,22,23,24,25,26)/t14-,15+,16+. The Balaban J connectivity index is 1.50. The quantitative estimate of drug-likeness (QED) is 0.595. The number of anilines is 3. The van der Waals surface area contributed by atoms with Gasteiger partial charge in [0.15, 0.2) is 5.82 Å². The van der Waals surface area contributed by atoms with Crippen LogP contribution in [0, 0.1) is 11.3 Å². The van der Waals surface area contributed by atoms with E-state index in [1.807, 2.05) is 7.05 Å². The number of H-pyrrole nitrogens is 1. The first-order valence-electron chi connectivity index (χ1n) is 10.3. The highest BCUT2D eigenvalue weighted by Crippen LogP contribution is 2.38.